The minimum absolute atomic E-state index is 0.0638. The van der Waals surface area contributed by atoms with E-state index in [0.29, 0.717) is 18.3 Å². The van der Waals surface area contributed by atoms with Crippen LogP contribution in [0.5, 0.6) is 0 Å². The Morgan fingerprint density at radius 3 is 2.83 bits per heavy atom. The van der Waals surface area contributed by atoms with Gasteiger partial charge in [0, 0.05) is 25.8 Å². The number of imidazole rings is 1. The molecule has 1 aliphatic heterocycles. The Morgan fingerprint density at radius 1 is 1.56 bits per heavy atom. The average molecular weight is 272 g/mol. The molecule has 0 spiro atoms. The van der Waals surface area contributed by atoms with Crippen LogP contribution in [0.4, 0.5) is 0 Å². The first kappa shape index (κ1) is 13.5. The van der Waals surface area contributed by atoms with Gasteiger partial charge >= 0.3 is 0 Å². The zero-order chi connectivity index (χ0) is 13.3. The first-order valence-electron chi connectivity index (χ1n) is 6.13. The van der Waals surface area contributed by atoms with Crippen LogP contribution < -0.4 is 10.0 Å². The molecule has 1 aliphatic rings. The van der Waals surface area contributed by atoms with E-state index in [1.165, 1.54) is 0 Å². The number of nitrogens with zero attached hydrogens (tertiary/aromatic N) is 2. The molecule has 0 saturated carbocycles. The van der Waals surface area contributed by atoms with Crippen LogP contribution in [0.1, 0.15) is 19.2 Å². The van der Waals surface area contributed by atoms with Crippen molar-refractivity contribution in [3.8, 4) is 0 Å². The standard InChI is InChI=1S/C11H20N4O2S/c1-8-4-5-12-6-10(8)14-18(16,17)11-7-15(3)9(2)13-11/h7-8,10,12,14H,4-6H2,1-3H3/t8-,10-/m0/s1. The van der Waals surface area contributed by atoms with Crippen molar-refractivity contribution in [2.45, 2.75) is 31.3 Å². The van der Waals surface area contributed by atoms with Crippen molar-refractivity contribution in [2.75, 3.05) is 13.1 Å². The third-order valence-electron chi connectivity index (χ3n) is 3.50. The van der Waals surface area contributed by atoms with E-state index in [-0.39, 0.29) is 11.1 Å². The first-order chi connectivity index (χ1) is 8.40. The third-order valence-corrected chi connectivity index (χ3v) is 4.86. The molecule has 2 heterocycles. The van der Waals surface area contributed by atoms with Crippen LogP contribution in [0.15, 0.2) is 11.2 Å². The van der Waals surface area contributed by atoms with Crippen molar-refractivity contribution in [3.63, 3.8) is 0 Å². The van der Waals surface area contributed by atoms with Gasteiger partial charge in [-0.05, 0) is 25.8 Å². The lowest BCUT2D eigenvalue weighted by atomic mass is 9.96. The van der Waals surface area contributed by atoms with Crippen LogP contribution in [0, 0.1) is 12.8 Å². The number of hydrogen-bond donors (Lipinski definition) is 2. The van der Waals surface area contributed by atoms with Gasteiger partial charge in [-0.3, -0.25) is 0 Å². The lowest BCUT2D eigenvalue weighted by Gasteiger charge is -2.29. The van der Waals surface area contributed by atoms with Gasteiger partial charge in [-0.25, -0.2) is 18.1 Å². The molecule has 0 aromatic carbocycles. The molecule has 18 heavy (non-hydrogen) atoms. The molecule has 2 atom stereocenters. The second-order valence-electron chi connectivity index (χ2n) is 4.94. The Kier molecular flexibility index (Phi) is 3.74. The van der Waals surface area contributed by atoms with Gasteiger partial charge in [-0.1, -0.05) is 6.92 Å². The zero-order valence-electron chi connectivity index (χ0n) is 11.0. The number of hydrogen-bond acceptors (Lipinski definition) is 4. The molecule has 0 bridgehead atoms. The smallest absolute Gasteiger partial charge is 0.259 e. The number of aromatic nitrogens is 2. The highest BCUT2D eigenvalue weighted by molar-refractivity contribution is 7.89. The number of nitrogens with one attached hydrogen (secondary N) is 2. The molecule has 1 aromatic heterocycles. The zero-order valence-corrected chi connectivity index (χ0v) is 11.8. The fraction of sp³-hybridized carbons (Fsp3) is 0.727. The molecule has 1 aromatic rings. The van der Waals surface area contributed by atoms with E-state index in [9.17, 15) is 8.42 Å². The van der Waals surface area contributed by atoms with Gasteiger partial charge in [0.2, 0.25) is 0 Å². The third kappa shape index (κ3) is 2.73. The second-order valence-corrected chi connectivity index (χ2v) is 6.60. The number of aryl methyl sites for hydroxylation is 2. The predicted octanol–water partition coefficient (Wildman–Crippen LogP) is 0.00482. The summed E-state index contributed by atoms with van der Waals surface area (Å²) < 4.78 is 28.8. The fourth-order valence-corrected chi connectivity index (χ4v) is 3.45. The molecular formula is C11H20N4O2S. The van der Waals surface area contributed by atoms with Gasteiger partial charge in [0.25, 0.3) is 10.0 Å². The first-order valence-corrected chi connectivity index (χ1v) is 7.61. The van der Waals surface area contributed by atoms with Crippen LogP contribution in [0.2, 0.25) is 0 Å². The minimum atomic E-state index is -3.52. The number of sulfonamides is 1. The highest BCUT2D eigenvalue weighted by atomic mass is 32.2. The normalized spacial score (nSPS) is 25.3. The van der Waals surface area contributed by atoms with Crippen molar-refractivity contribution >= 4 is 10.0 Å². The largest absolute Gasteiger partial charge is 0.337 e. The van der Waals surface area contributed by atoms with Crippen LogP contribution >= 0.6 is 0 Å². The summed E-state index contributed by atoms with van der Waals surface area (Å²) >= 11 is 0. The summed E-state index contributed by atoms with van der Waals surface area (Å²) in [5, 5.41) is 3.30. The van der Waals surface area contributed by atoms with Crippen molar-refractivity contribution in [2.24, 2.45) is 13.0 Å². The van der Waals surface area contributed by atoms with Gasteiger partial charge in [0.15, 0.2) is 5.03 Å². The van der Waals surface area contributed by atoms with Crippen molar-refractivity contribution in [3.05, 3.63) is 12.0 Å². The van der Waals surface area contributed by atoms with Crippen LogP contribution in [0.3, 0.4) is 0 Å². The highest BCUT2D eigenvalue weighted by Crippen LogP contribution is 2.15. The van der Waals surface area contributed by atoms with E-state index in [1.807, 2.05) is 0 Å². The number of rotatable bonds is 3. The summed E-state index contributed by atoms with van der Waals surface area (Å²) in [5.74, 6) is 1.02. The average Bonchev–Trinajstić information content (AvgIpc) is 2.63. The Morgan fingerprint density at radius 2 is 2.28 bits per heavy atom. The monoisotopic (exact) mass is 272 g/mol. The Hall–Kier alpha value is -0.920. The molecule has 1 fully saturated rings. The SMILES string of the molecule is Cc1nc(S(=O)(=O)N[C@H]2CNCC[C@@H]2C)cn1C. The molecule has 2 N–H and O–H groups in total. The van der Waals surface area contributed by atoms with Crippen LogP contribution in [-0.2, 0) is 17.1 Å². The van der Waals surface area contributed by atoms with E-state index in [1.54, 1.807) is 24.7 Å². The maximum absolute atomic E-state index is 12.2. The molecule has 6 nitrogen and oxygen atoms in total. The van der Waals surface area contributed by atoms with Crippen molar-refractivity contribution in [1.82, 2.24) is 19.6 Å². The van der Waals surface area contributed by atoms with E-state index < -0.39 is 10.0 Å². The van der Waals surface area contributed by atoms with Crippen molar-refractivity contribution in [1.29, 1.82) is 0 Å². The fourth-order valence-electron chi connectivity index (χ4n) is 2.06. The maximum Gasteiger partial charge on any atom is 0.259 e. The van der Waals surface area contributed by atoms with Gasteiger partial charge in [-0.15, -0.1) is 0 Å². The molecule has 0 aliphatic carbocycles. The van der Waals surface area contributed by atoms with Gasteiger partial charge < -0.3 is 9.88 Å². The Balaban J connectivity index is 2.16. The van der Waals surface area contributed by atoms with Gasteiger partial charge in [0.1, 0.15) is 5.82 Å². The van der Waals surface area contributed by atoms with E-state index in [2.05, 4.69) is 21.9 Å². The Labute approximate surface area is 108 Å². The van der Waals surface area contributed by atoms with E-state index in [4.69, 9.17) is 0 Å². The second kappa shape index (κ2) is 4.99. The molecule has 7 heteroatoms. The summed E-state index contributed by atoms with van der Waals surface area (Å²) in [7, 11) is -1.73. The van der Waals surface area contributed by atoms with Gasteiger partial charge in [-0.2, -0.15) is 0 Å². The highest BCUT2D eigenvalue weighted by Gasteiger charge is 2.28. The molecule has 0 unspecified atom stereocenters. The minimum Gasteiger partial charge on any atom is -0.337 e. The maximum atomic E-state index is 12.2. The van der Waals surface area contributed by atoms with Gasteiger partial charge in [0.05, 0.1) is 0 Å². The molecular weight excluding hydrogens is 252 g/mol. The summed E-state index contributed by atoms with van der Waals surface area (Å²) in [6, 6.07) is -0.0638. The molecule has 0 amide bonds. The number of piperidine rings is 1. The molecule has 2 rings (SSSR count). The van der Waals surface area contributed by atoms with E-state index in [0.717, 1.165) is 13.0 Å². The summed E-state index contributed by atoms with van der Waals surface area (Å²) in [4.78, 5) is 4.06. The summed E-state index contributed by atoms with van der Waals surface area (Å²) in [6.07, 6.45) is 2.52. The summed E-state index contributed by atoms with van der Waals surface area (Å²) in [5.41, 5.74) is 0. The lowest BCUT2D eigenvalue weighted by Crippen LogP contribution is -2.50. The van der Waals surface area contributed by atoms with Crippen molar-refractivity contribution < 1.29 is 8.42 Å². The molecule has 1 saturated heterocycles. The van der Waals surface area contributed by atoms with E-state index >= 15 is 0 Å². The topological polar surface area (TPSA) is 76.0 Å². The quantitative estimate of drug-likeness (QED) is 0.812. The lowest BCUT2D eigenvalue weighted by molar-refractivity contribution is 0.327. The Bertz CT molecular complexity index is 504. The van der Waals surface area contributed by atoms with Crippen LogP contribution in [0.25, 0.3) is 0 Å². The predicted molar refractivity (Wildman–Crippen MR) is 68.7 cm³/mol. The summed E-state index contributed by atoms with van der Waals surface area (Å²) in [6.45, 7) is 5.47. The van der Waals surface area contributed by atoms with Crippen LogP contribution in [-0.4, -0.2) is 37.1 Å². The molecule has 102 valence electrons. The molecule has 0 radical (unpaired) electrons.